The Kier molecular flexibility index (Phi) is 5.68. The summed E-state index contributed by atoms with van der Waals surface area (Å²) in [5.74, 6) is -0.354. The molecule has 0 amide bonds. The second-order valence-electron chi connectivity index (χ2n) is 5.17. The molecule has 24 heavy (non-hydrogen) atoms. The molecule has 0 saturated heterocycles. The maximum atomic E-state index is 11.5. The Hall–Kier alpha value is -3.14. The summed E-state index contributed by atoms with van der Waals surface area (Å²) in [7, 11) is 1.34. The Morgan fingerprint density at radius 1 is 0.958 bits per heavy atom. The molecule has 0 saturated carbocycles. The summed E-state index contributed by atoms with van der Waals surface area (Å²) < 4.78 is 9.71. The molecule has 2 aromatic carbocycles. The fourth-order valence-corrected chi connectivity index (χ4v) is 1.93. The van der Waals surface area contributed by atoms with E-state index in [2.05, 4.69) is 11.3 Å². The lowest BCUT2D eigenvalue weighted by Gasteiger charge is -2.06. The molecule has 0 N–H and O–H groups in total. The molecule has 122 valence electrons. The van der Waals surface area contributed by atoms with Gasteiger partial charge in [0.15, 0.2) is 0 Å². The van der Waals surface area contributed by atoms with Crippen LogP contribution in [0.4, 0.5) is 0 Å². The third-order valence-electron chi connectivity index (χ3n) is 3.27. The van der Waals surface area contributed by atoms with Crippen molar-refractivity contribution in [3.05, 3.63) is 72.3 Å². The van der Waals surface area contributed by atoms with E-state index in [1.54, 1.807) is 25.1 Å². The second-order valence-corrected chi connectivity index (χ2v) is 5.17. The number of carbonyl (C=O) groups excluding carboxylic acids is 2. The minimum absolute atomic E-state index is 0.356. The highest BCUT2D eigenvalue weighted by atomic mass is 16.5. The number of esters is 2. The van der Waals surface area contributed by atoms with Crippen molar-refractivity contribution in [3.63, 3.8) is 0 Å². The molecule has 4 heteroatoms. The fourth-order valence-electron chi connectivity index (χ4n) is 1.93. The third kappa shape index (κ3) is 4.68. The van der Waals surface area contributed by atoms with Crippen LogP contribution >= 0.6 is 0 Å². The van der Waals surface area contributed by atoms with Gasteiger partial charge in [-0.2, -0.15) is 0 Å². The molecule has 2 rings (SSSR count). The third-order valence-corrected chi connectivity index (χ3v) is 3.27. The van der Waals surface area contributed by atoms with Crippen molar-refractivity contribution in [1.29, 1.82) is 0 Å². The van der Waals surface area contributed by atoms with Crippen LogP contribution in [0.1, 0.15) is 12.5 Å². The summed E-state index contributed by atoms with van der Waals surface area (Å²) in [5, 5.41) is 0. The van der Waals surface area contributed by atoms with Crippen molar-refractivity contribution in [2.75, 3.05) is 7.11 Å². The van der Waals surface area contributed by atoms with Gasteiger partial charge in [-0.25, -0.2) is 9.59 Å². The van der Waals surface area contributed by atoms with Gasteiger partial charge in [-0.1, -0.05) is 43.0 Å². The average Bonchev–Trinajstić information content (AvgIpc) is 2.60. The largest absolute Gasteiger partial charge is 0.466 e. The highest BCUT2D eigenvalue weighted by Gasteiger charge is 2.05. The van der Waals surface area contributed by atoms with Crippen molar-refractivity contribution in [2.45, 2.75) is 6.92 Å². The van der Waals surface area contributed by atoms with E-state index in [4.69, 9.17) is 4.74 Å². The first-order chi connectivity index (χ1) is 11.5. The highest BCUT2D eigenvalue weighted by molar-refractivity contribution is 5.89. The number of ether oxygens (including phenoxy) is 2. The lowest BCUT2D eigenvalue weighted by atomic mass is 10.0. The Morgan fingerprint density at radius 3 is 2.00 bits per heavy atom. The molecule has 0 aromatic heterocycles. The van der Waals surface area contributed by atoms with Crippen LogP contribution in [-0.4, -0.2) is 19.0 Å². The van der Waals surface area contributed by atoms with Crippen molar-refractivity contribution in [2.24, 2.45) is 0 Å². The Bertz CT molecular complexity index is 768. The monoisotopic (exact) mass is 322 g/mol. The van der Waals surface area contributed by atoms with Gasteiger partial charge in [0.25, 0.3) is 0 Å². The first-order valence-corrected chi connectivity index (χ1v) is 7.34. The van der Waals surface area contributed by atoms with Crippen molar-refractivity contribution in [3.8, 4) is 16.9 Å². The Morgan fingerprint density at radius 2 is 1.50 bits per heavy atom. The summed E-state index contributed by atoms with van der Waals surface area (Å²) >= 11 is 0. The normalized spacial score (nSPS) is 10.4. The average molecular weight is 322 g/mol. The van der Waals surface area contributed by atoms with Gasteiger partial charge in [0.1, 0.15) is 5.75 Å². The summed E-state index contributed by atoms with van der Waals surface area (Å²) in [5.41, 5.74) is 3.27. The van der Waals surface area contributed by atoms with Gasteiger partial charge in [0, 0.05) is 11.6 Å². The zero-order chi connectivity index (χ0) is 17.5. The van der Waals surface area contributed by atoms with E-state index in [-0.39, 0.29) is 5.97 Å². The quantitative estimate of drug-likeness (QED) is 0.474. The fraction of sp³-hybridized carbons (Fsp3) is 0.100. The van der Waals surface area contributed by atoms with Crippen molar-refractivity contribution in [1.82, 2.24) is 0 Å². The molecule has 0 aliphatic heterocycles. The zero-order valence-electron chi connectivity index (χ0n) is 13.6. The van der Waals surface area contributed by atoms with Crippen LogP contribution in [0.3, 0.4) is 0 Å². The summed E-state index contributed by atoms with van der Waals surface area (Å²) in [6.45, 7) is 5.15. The van der Waals surface area contributed by atoms with Gasteiger partial charge in [0.05, 0.1) is 7.11 Å². The van der Waals surface area contributed by atoms with E-state index in [1.165, 1.54) is 13.2 Å². The first kappa shape index (κ1) is 17.2. The molecular formula is C20H18O4. The predicted octanol–water partition coefficient (Wildman–Crippen LogP) is 4.02. The molecule has 4 nitrogen and oxygen atoms in total. The van der Waals surface area contributed by atoms with Crippen LogP contribution < -0.4 is 4.74 Å². The van der Waals surface area contributed by atoms with E-state index in [9.17, 15) is 9.59 Å². The Balaban J connectivity index is 2.09. The molecule has 0 radical (unpaired) electrons. The van der Waals surface area contributed by atoms with Gasteiger partial charge in [-0.3, -0.25) is 0 Å². The minimum atomic E-state index is -0.440. The molecule has 0 heterocycles. The zero-order valence-corrected chi connectivity index (χ0v) is 13.6. The second kappa shape index (κ2) is 7.92. The first-order valence-electron chi connectivity index (χ1n) is 7.34. The van der Waals surface area contributed by atoms with E-state index in [0.29, 0.717) is 11.3 Å². The Labute approximate surface area is 141 Å². The lowest BCUT2D eigenvalue weighted by Crippen LogP contribution is -2.07. The van der Waals surface area contributed by atoms with Crippen LogP contribution in [0.2, 0.25) is 0 Å². The number of benzene rings is 2. The number of rotatable bonds is 5. The number of hydrogen-bond acceptors (Lipinski definition) is 4. The highest BCUT2D eigenvalue weighted by Crippen LogP contribution is 2.23. The molecule has 0 spiro atoms. The van der Waals surface area contributed by atoms with Crippen LogP contribution in [0.25, 0.3) is 17.2 Å². The molecule has 0 unspecified atom stereocenters. The maximum Gasteiger partial charge on any atom is 0.338 e. The number of methoxy groups -OCH3 is 1. The summed E-state index contributed by atoms with van der Waals surface area (Å²) in [6.07, 6.45) is 3.07. The molecule has 0 fully saturated rings. The van der Waals surface area contributed by atoms with Gasteiger partial charge < -0.3 is 9.47 Å². The van der Waals surface area contributed by atoms with Crippen LogP contribution in [0, 0.1) is 0 Å². The van der Waals surface area contributed by atoms with E-state index < -0.39 is 5.97 Å². The lowest BCUT2D eigenvalue weighted by molar-refractivity contribution is -0.134. The van der Waals surface area contributed by atoms with Crippen LogP contribution in [-0.2, 0) is 14.3 Å². The number of hydrogen-bond donors (Lipinski definition) is 0. The number of carbonyl (C=O) groups is 2. The predicted molar refractivity (Wildman–Crippen MR) is 93.4 cm³/mol. The van der Waals surface area contributed by atoms with Crippen molar-refractivity contribution < 1.29 is 19.1 Å². The topological polar surface area (TPSA) is 52.6 Å². The van der Waals surface area contributed by atoms with E-state index in [0.717, 1.165) is 16.7 Å². The van der Waals surface area contributed by atoms with Crippen molar-refractivity contribution >= 4 is 18.0 Å². The van der Waals surface area contributed by atoms with Crippen LogP contribution in [0.15, 0.2) is 66.8 Å². The standard InChI is InChI=1S/C20H18O4/c1-14(2)20(22)24-18-11-9-17(10-12-18)16-7-4-15(5-8-16)6-13-19(21)23-3/h4-13H,1H2,2-3H3/b13-6+. The molecule has 0 aliphatic rings. The van der Waals surface area contributed by atoms with Gasteiger partial charge in [0.2, 0.25) is 0 Å². The molecule has 0 bridgehead atoms. The summed E-state index contributed by atoms with van der Waals surface area (Å²) in [4.78, 5) is 22.5. The molecular weight excluding hydrogens is 304 g/mol. The smallest absolute Gasteiger partial charge is 0.338 e. The maximum absolute atomic E-state index is 11.5. The molecule has 2 aromatic rings. The van der Waals surface area contributed by atoms with Gasteiger partial charge in [-0.15, -0.1) is 0 Å². The van der Waals surface area contributed by atoms with Gasteiger partial charge in [-0.05, 0) is 41.8 Å². The van der Waals surface area contributed by atoms with E-state index >= 15 is 0 Å². The van der Waals surface area contributed by atoms with E-state index in [1.807, 2.05) is 36.4 Å². The molecule has 0 aliphatic carbocycles. The molecule has 0 atom stereocenters. The van der Waals surface area contributed by atoms with Crippen LogP contribution in [0.5, 0.6) is 5.75 Å². The summed E-state index contributed by atoms with van der Waals surface area (Å²) in [6, 6.07) is 14.9. The SMILES string of the molecule is C=C(C)C(=O)Oc1ccc(-c2ccc(/C=C/C(=O)OC)cc2)cc1. The minimum Gasteiger partial charge on any atom is -0.466 e. The van der Waals surface area contributed by atoms with Gasteiger partial charge >= 0.3 is 11.9 Å².